The van der Waals surface area contributed by atoms with Crippen LogP contribution in [0, 0.1) is 0 Å². The van der Waals surface area contributed by atoms with Crippen molar-refractivity contribution < 1.29 is 26.3 Å². The van der Waals surface area contributed by atoms with E-state index >= 15 is 0 Å². The molecule has 0 aliphatic heterocycles. The third-order valence-electron chi connectivity index (χ3n) is 4.12. The first-order valence-corrected chi connectivity index (χ1v) is 11.0. The van der Waals surface area contributed by atoms with Crippen molar-refractivity contribution in [3.8, 4) is 5.75 Å². The molecule has 2 aromatic rings. The van der Waals surface area contributed by atoms with Gasteiger partial charge in [0.2, 0.25) is 0 Å². The second kappa shape index (κ2) is 7.23. The van der Waals surface area contributed by atoms with Gasteiger partial charge in [-0.05, 0) is 0 Å². The average Bonchev–Trinajstić information content (AvgIpc) is 2.91. The van der Waals surface area contributed by atoms with Gasteiger partial charge in [-0.25, -0.2) is 0 Å². The molecule has 1 N–H and O–H groups in total. The number of sulfonamides is 1. The van der Waals surface area contributed by atoms with Gasteiger partial charge in [0.25, 0.3) is 0 Å². The fourth-order valence-electron chi connectivity index (χ4n) is 2.92. The van der Waals surface area contributed by atoms with Gasteiger partial charge in [-0.1, -0.05) is 0 Å². The predicted octanol–water partition coefficient (Wildman–Crippen LogP) is 2.55. The molecule has 4 nitrogen and oxygen atoms in total. The summed E-state index contributed by atoms with van der Waals surface area (Å²) in [5, 5.41) is 0. The van der Waals surface area contributed by atoms with E-state index in [0.29, 0.717) is 17.7 Å². The molecule has 0 spiro atoms. The summed E-state index contributed by atoms with van der Waals surface area (Å²) in [5.74, 6) is 0.654. The maximum atomic E-state index is 12.9. The van der Waals surface area contributed by atoms with E-state index in [1.807, 2.05) is 29.0 Å². The van der Waals surface area contributed by atoms with Gasteiger partial charge in [-0.3, -0.25) is 0 Å². The van der Waals surface area contributed by atoms with Gasteiger partial charge >= 0.3 is 156 Å². The number of rotatable bonds is 5. The molecule has 2 atom stereocenters. The molecule has 9 heteroatoms. The molecule has 0 aromatic heterocycles. The van der Waals surface area contributed by atoms with Crippen LogP contribution in [-0.2, 0) is 16.4 Å². The predicted molar refractivity (Wildman–Crippen MR) is 93.1 cm³/mol. The van der Waals surface area contributed by atoms with Gasteiger partial charge in [0, 0.05) is 0 Å². The number of para-hydroxylation sites is 1. The van der Waals surface area contributed by atoms with Crippen LogP contribution in [0.1, 0.15) is 17.2 Å². The summed E-state index contributed by atoms with van der Waals surface area (Å²) in [6.07, 6.45) is 0.513. The van der Waals surface area contributed by atoms with Gasteiger partial charge in [0.15, 0.2) is 0 Å². The van der Waals surface area contributed by atoms with Crippen molar-refractivity contribution in [1.29, 1.82) is 0 Å². The molecule has 2 aromatic carbocycles. The number of hydrogen-bond donors (Lipinski definition) is 1. The van der Waals surface area contributed by atoms with Crippen LogP contribution in [0.25, 0.3) is 0 Å². The van der Waals surface area contributed by atoms with Gasteiger partial charge in [-0.15, -0.1) is 0 Å². The van der Waals surface area contributed by atoms with Crippen LogP contribution in [0.2, 0.25) is 4.82 Å². The van der Waals surface area contributed by atoms with Gasteiger partial charge < -0.3 is 0 Å². The molecule has 0 unspecified atom stereocenters. The van der Waals surface area contributed by atoms with E-state index in [-0.39, 0.29) is 19.8 Å². The average molecular weight is 450 g/mol. The summed E-state index contributed by atoms with van der Waals surface area (Å²) in [7, 11) is -3.91. The molecule has 0 bridgehead atoms. The van der Waals surface area contributed by atoms with E-state index < -0.39 is 21.6 Å². The number of halogens is 3. The van der Waals surface area contributed by atoms with E-state index in [9.17, 15) is 21.6 Å². The third kappa shape index (κ3) is 3.76. The molecular weight excluding hydrogens is 434 g/mol. The molecule has 0 radical (unpaired) electrons. The fourth-order valence-corrected chi connectivity index (χ4v) is 6.74. The Morgan fingerprint density at radius 1 is 1.12 bits per heavy atom. The molecule has 0 amide bonds. The van der Waals surface area contributed by atoms with Crippen molar-refractivity contribution in [1.82, 2.24) is 4.72 Å². The summed E-state index contributed by atoms with van der Waals surface area (Å²) in [4.78, 5) is -0.284. The summed E-state index contributed by atoms with van der Waals surface area (Å²) in [6, 6.07) is 13.4. The Labute approximate surface area is 156 Å². The fraction of sp³-hybridized carbons (Fsp3) is 0.294. The topological polar surface area (TPSA) is 55.4 Å². The molecule has 0 fully saturated rings. The number of alkyl halides is 3. The Morgan fingerprint density at radius 2 is 1.77 bits per heavy atom. The first-order chi connectivity index (χ1) is 12.2. The van der Waals surface area contributed by atoms with Crippen LogP contribution in [0.15, 0.2) is 48.5 Å². The summed E-state index contributed by atoms with van der Waals surface area (Å²) < 4.78 is 70.1. The summed E-state index contributed by atoms with van der Waals surface area (Å²) in [6.45, 7) is 0. The van der Waals surface area contributed by atoms with E-state index in [1.165, 1.54) is 7.11 Å². The monoisotopic (exact) mass is 451 g/mol. The second-order valence-electron chi connectivity index (χ2n) is 5.75. The Kier molecular flexibility index (Phi) is 5.35. The van der Waals surface area contributed by atoms with Crippen molar-refractivity contribution in [2.75, 3.05) is 7.11 Å². The van der Waals surface area contributed by atoms with Gasteiger partial charge in [0.1, 0.15) is 0 Å². The Balaban J connectivity index is 1.94. The maximum absolute atomic E-state index is 12.9. The van der Waals surface area contributed by atoms with Crippen LogP contribution < -0.4 is 13.9 Å². The van der Waals surface area contributed by atoms with Crippen LogP contribution in [0.3, 0.4) is 0 Å². The number of fused-ring (bicyclic) bond motifs is 1. The van der Waals surface area contributed by atoms with Crippen LogP contribution in [0.5, 0.6) is 5.75 Å². The molecular formula is C17H16F3NO3SSe. The van der Waals surface area contributed by atoms with E-state index in [1.54, 1.807) is 24.3 Å². The minimum atomic E-state index is -5.44. The number of benzene rings is 2. The summed E-state index contributed by atoms with van der Waals surface area (Å²) in [5.41, 5.74) is -3.88. The normalized spacial score (nSPS) is 20.0. The zero-order valence-electron chi connectivity index (χ0n) is 13.7. The molecule has 0 heterocycles. The number of methoxy groups -OCH3 is 1. The zero-order valence-corrected chi connectivity index (χ0v) is 16.2. The van der Waals surface area contributed by atoms with E-state index in [2.05, 4.69) is 0 Å². The van der Waals surface area contributed by atoms with Crippen molar-refractivity contribution in [3.63, 3.8) is 0 Å². The molecule has 0 saturated carbocycles. The first kappa shape index (κ1) is 19.2. The SMILES string of the molecule is COc1ccccc1[Se][C@H]1Cc2ccccc2[C@@H]1NS(=O)(=O)C(F)(F)F. The minimum absolute atomic E-state index is 0.284. The Hall–Kier alpha value is -1.54. The molecule has 1 aliphatic carbocycles. The number of nitrogens with one attached hydrogen (secondary N) is 1. The van der Waals surface area contributed by atoms with Crippen LogP contribution in [-0.4, -0.2) is 36.0 Å². The molecule has 26 heavy (non-hydrogen) atoms. The zero-order chi connectivity index (χ0) is 18.9. The molecule has 3 rings (SSSR count). The Morgan fingerprint density at radius 3 is 2.46 bits per heavy atom. The van der Waals surface area contributed by atoms with Crippen molar-refractivity contribution in [3.05, 3.63) is 59.7 Å². The van der Waals surface area contributed by atoms with E-state index in [4.69, 9.17) is 4.74 Å². The molecule has 1 aliphatic rings. The van der Waals surface area contributed by atoms with Crippen LogP contribution >= 0.6 is 0 Å². The second-order valence-corrected chi connectivity index (χ2v) is 10.1. The molecule has 140 valence electrons. The summed E-state index contributed by atoms with van der Waals surface area (Å²) >= 11 is -0.287. The Bertz CT molecular complexity index is 902. The quantitative estimate of drug-likeness (QED) is 0.713. The van der Waals surface area contributed by atoms with Crippen molar-refractivity contribution >= 4 is 29.4 Å². The molecule has 0 saturated heterocycles. The first-order valence-electron chi connectivity index (χ1n) is 7.69. The van der Waals surface area contributed by atoms with Crippen LogP contribution in [0.4, 0.5) is 13.2 Å². The third-order valence-corrected chi connectivity index (χ3v) is 8.09. The number of hydrogen-bond acceptors (Lipinski definition) is 3. The number of ether oxygens (including phenoxy) is 1. The van der Waals surface area contributed by atoms with Crippen molar-refractivity contribution in [2.45, 2.75) is 22.8 Å². The van der Waals surface area contributed by atoms with Gasteiger partial charge in [-0.2, -0.15) is 0 Å². The van der Waals surface area contributed by atoms with E-state index in [0.717, 1.165) is 10.0 Å². The standard InChI is InChI=1S/C17H16F3NO3SSe/c1-24-13-8-4-5-9-14(13)26-15-10-11-6-2-3-7-12(11)16(15)21-25(22,23)17(18,19)20/h2-9,15-16,21H,10H2,1H3/t15-,16-/m0/s1. The van der Waals surface area contributed by atoms with Crippen molar-refractivity contribution in [2.24, 2.45) is 0 Å². The van der Waals surface area contributed by atoms with Gasteiger partial charge in [0.05, 0.1) is 0 Å².